The standard InChI is InChI=1S/C14H16N4O2.C12H16O2/c1-16-13-8-17-12(7-18-13)10-4-2-9(3-5-10)6-11(15)14(19)20;1-13-11-8-4-5-9-12(11)14-10-6-2-3-7-10/h2-5,7-8,11H,6,15H2,1H3,(H,16,18)(H,19,20);4-5,8-10H,2-3,6-7H2,1H3. The van der Waals surface area contributed by atoms with E-state index in [2.05, 4.69) is 15.3 Å². The van der Waals surface area contributed by atoms with Gasteiger partial charge in [0.15, 0.2) is 11.5 Å². The lowest BCUT2D eigenvalue weighted by molar-refractivity contribution is -0.138. The van der Waals surface area contributed by atoms with E-state index in [9.17, 15) is 4.79 Å². The first-order valence-electron chi connectivity index (χ1n) is 11.4. The topological polar surface area (TPSA) is 120 Å². The summed E-state index contributed by atoms with van der Waals surface area (Å²) in [5.41, 5.74) is 8.06. The highest BCUT2D eigenvalue weighted by Crippen LogP contribution is 2.30. The van der Waals surface area contributed by atoms with Gasteiger partial charge in [-0.1, -0.05) is 36.4 Å². The first-order valence-corrected chi connectivity index (χ1v) is 11.4. The summed E-state index contributed by atoms with van der Waals surface area (Å²) < 4.78 is 11.1. The van der Waals surface area contributed by atoms with Gasteiger partial charge >= 0.3 is 5.97 Å². The Labute approximate surface area is 200 Å². The van der Waals surface area contributed by atoms with Crippen LogP contribution in [0.3, 0.4) is 0 Å². The van der Waals surface area contributed by atoms with Crippen molar-refractivity contribution < 1.29 is 19.4 Å². The van der Waals surface area contributed by atoms with E-state index in [1.807, 2.05) is 48.5 Å². The first kappa shape index (κ1) is 25.0. The number of aromatic nitrogens is 2. The summed E-state index contributed by atoms with van der Waals surface area (Å²) in [6.45, 7) is 0. The van der Waals surface area contributed by atoms with E-state index < -0.39 is 12.0 Å². The molecule has 8 nitrogen and oxygen atoms in total. The normalized spacial score (nSPS) is 14.0. The van der Waals surface area contributed by atoms with E-state index in [4.69, 9.17) is 20.3 Å². The second-order valence-electron chi connectivity index (χ2n) is 8.06. The Morgan fingerprint density at radius 1 is 1.09 bits per heavy atom. The number of hydrogen-bond donors (Lipinski definition) is 3. The molecule has 3 aromatic rings. The molecule has 0 amide bonds. The number of benzene rings is 2. The molecule has 0 radical (unpaired) electrons. The van der Waals surface area contributed by atoms with Crippen LogP contribution < -0.4 is 20.5 Å². The lowest BCUT2D eigenvalue weighted by atomic mass is 10.0. The Kier molecular flexibility index (Phi) is 9.22. The SMILES string of the molecule is CNc1cnc(-c2ccc(CC(N)C(=O)O)cc2)cn1.COc1ccccc1OC1CCCC1. The van der Waals surface area contributed by atoms with Crippen LogP contribution in [0.2, 0.25) is 0 Å². The van der Waals surface area contributed by atoms with Gasteiger partial charge in [-0.05, 0) is 49.8 Å². The van der Waals surface area contributed by atoms with Crippen LogP contribution in [0.15, 0.2) is 60.9 Å². The fraction of sp³-hybridized carbons (Fsp3) is 0.346. The van der Waals surface area contributed by atoms with Gasteiger partial charge < -0.3 is 25.6 Å². The van der Waals surface area contributed by atoms with Crippen molar-refractivity contribution in [2.75, 3.05) is 19.5 Å². The summed E-state index contributed by atoms with van der Waals surface area (Å²) in [6, 6.07) is 14.4. The van der Waals surface area contributed by atoms with E-state index in [0.29, 0.717) is 18.3 Å². The summed E-state index contributed by atoms with van der Waals surface area (Å²) in [5, 5.41) is 11.7. The molecule has 4 N–H and O–H groups in total. The highest BCUT2D eigenvalue weighted by molar-refractivity contribution is 5.73. The number of nitrogens with one attached hydrogen (secondary N) is 1. The predicted octanol–water partition coefficient (Wildman–Crippen LogP) is 4.16. The van der Waals surface area contributed by atoms with Gasteiger partial charge in [0.05, 0.1) is 31.3 Å². The highest BCUT2D eigenvalue weighted by Gasteiger charge is 2.17. The van der Waals surface area contributed by atoms with Gasteiger partial charge in [-0.3, -0.25) is 9.78 Å². The number of hydrogen-bond acceptors (Lipinski definition) is 7. The third-order valence-corrected chi connectivity index (χ3v) is 5.60. The number of anilines is 1. The molecule has 1 fully saturated rings. The molecule has 2 aromatic carbocycles. The van der Waals surface area contributed by atoms with E-state index in [-0.39, 0.29) is 0 Å². The van der Waals surface area contributed by atoms with Crippen LogP contribution in [0.4, 0.5) is 5.82 Å². The Balaban J connectivity index is 0.000000202. The van der Waals surface area contributed by atoms with Crippen molar-refractivity contribution in [1.29, 1.82) is 0 Å². The van der Waals surface area contributed by atoms with Crippen molar-refractivity contribution in [3.05, 3.63) is 66.5 Å². The van der Waals surface area contributed by atoms with Crippen molar-refractivity contribution in [3.63, 3.8) is 0 Å². The monoisotopic (exact) mass is 464 g/mol. The number of carbonyl (C=O) groups is 1. The number of nitrogens with zero attached hydrogens (tertiary/aromatic N) is 2. The van der Waals surface area contributed by atoms with Crippen LogP contribution in [0.1, 0.15) is 31.2 Å². The molecule has 0 aliphatic heterocycles. The molecule has 1 aliphatic carbocycles. The van der Waals surface area contributed by atoms with Gasteiger partial charge in [0.25, 0.3) is 0 Å². The van der Waals surface area contributed by atoms with E-state index in [0.717, 1.165) is 28.3 Å². The van der Waals surface area contributed by atoms with Gasteiger partial charge in [0.2, 0.25) is 0 Å². The maximum atomic E-state index is 10.7. The molecule has 0 spiro atoms. The molecule has 8 heteroatoms. The third kappa shape index (κ3) is 7.18. The molecule has 4 rings (SSSR count). The van der Waals surface area contributed by atoms with E-state index >= 15 is 0 Å². The summed E-state index contributed by atoms with van der Waals surface area (Å²) in [5.74, 6) is 1.42. The Morgan fingerprint density at radius 2 is 1.76 bits per heavy atom. The minimum atomic E-state index is -0.998. The summed E-state index contributed by atoms with van der Waals surface area (Å²) >= 11 is 0. The number of methoxy groups -OCH3 is 1. The van der Waals surface area contributed by atoms with Crippen LogP contribution in [0, 0.1) is 0 Å². The lowest BCUT2D eigenvalue weighted by Gasteiger charge is -2.15. The second kappa shape index (κ2) is 12.6. The molecule has 1 heterocycles. The van der Waals surface area contributed by atoms with Crippen LogP contribution in [0.5, 0.6) is 11.5 Å². The van der Waals surface area contributed by atoms with Crippen LogP contribution in [-0.4, -0.2) is 47.3 Å². The second-order valence-corrected chi connectivity index (χ2v) is 8.06. The van der Waals surface area contributed by atoms with Crippen LogP contribution >= 0.6 is 0 Å². The molecular formula is C26H32N4O4. The molecular weight excluding hydrogens is 432 g/mol. The number of carboxylic acid groups (broad SMARTS) is 1. The molecule has 0 saturated heterocycles. The van der Waals surface area contributed by atoms with Crippen LogP contribution in [-0.2, 0) is 11.2 Å². The van der Waals surface area contributed by atoms with Gasteiger partial charge in [-0.25, -0.2) is 4.98 Å². The Bertz CT molecular complexity index is 1040. The molecule has 1 aliphatic rings. The van der Waals surface area contributed by atoms with Crippen molar-refractivity contribution in [3.8, 4) is 22.8 Å². The lowest BCUT2D eigenvalue weighted by Crippen LogP contribution is -2.32. The average molecular weight is 465 g/mol. The van der Waals surface area contributed by atoms with E-state index in [1.54, 1.807) is 26.6 Å². The highest BCUT2D eigenvalue weighted by atomic mass is 16.5. The zero-order chi connectivity index (χ0) is 24.3. The van der Waals surface area contributed by atoms with Gasteiger partial charge in [-0.2, -0.15) is 0 Å². The Morgan fingerprint density at radius 3 is 2.32 bits per heavy atom. The van der Waals surface area contributed by atoms with Crippen molar-refractivity contribution >= 4 is 11.8 Å². The predicted molar refractivity (Wildman–Crippen MR) is 132 cm³/mol. The number of aliphatic carboxylic acids is 1. The van der Waals surface area contributed by atoms with Gasteiger partial charge in [0, 0.05) is 12.6 Å². The maximum Gasteiger partial charge on any atom is 0.320 e. The number of para-hydroxylation sites is 2. The zero-order valence-electron chi connectivity index (χ0n) is 19.6. The van der Waals surface area contributed by atoms with Gasteiger partial charge in [0.1, 0.15) is 11.9 Å². The minimum absolute atomic E-state index is 0.306. The number of rotatable bonds is 8. The van der Waals surface area contributed by atoms with Crippen molar-refractivity contribution in [2.24, 2.45) is 5.73 Å². The molecule has 1 unspecified atom stereocenters. The molecule has 1 aromatic heterocycles. The molecule has 1 saturated carbocycles. The molecule has 1 atom stereocenters. The largest absolute Gasteiger partial charge is 0.493 e. The fourth-order valence-electron chi connectivity index (χ4n) is 3.66. The molecule has 0 bridgehead atoms. The van der Waals surface area contributed by atoms with Gasteiger partial charge in [-0.15, -0.1) is 0 Å². The number of carboxylic acids is 1. The third-order valence-electron chi connectivity index (χ3n) is 5.60. The van der Waals surface area contributed by atoms with Crippen molar-refractivity contribution in [2.45, 2.75) is 44.2 Å². The summed E-state index contributed by atoms with van der Waals surface area (Å²) in [6.07, 6.45) is 8.98. The average Bonchev–Trinajstić information content (AvgIpc) is 3.38. The fourth-order valence-corrected chi connectivity index (χ4v) is 3.66. The van der Waals surface area contributed by atoms with Crippen LogP contribution in [0.25, 0.3) is 11.3 Å². The number of ether oxygens (including phenoxy) is 2. The quantitative estimate of drug-likeness (QED) is 0.455. The maximum absolute atomic E-state index is 10.7. The molecule has 180 valence electrons. The zero-order valence-corrected chi connectivity index (χ0v) is 19.6. The smallest absolute Gasteiger partial charge is 0.320 e. The summed E-state index contributed by atoms with van der Waals surface area (Å²) in [4.78, 5) is 19.2. The summed E-state index contributed by atoms with van der Waals surface area (Å²) in [7, 11) is 3.46. The van der Waals surface area contributed by atoms with E-state index in [1.165, 1.54) is 25.7 Å². The minimum Gasteiger partial charge on any atom is -0.493 e. The Hall–Kier alpha value is -3.65. The van der Waals surface area contributed by atoms with Crippen molar-refractivity contribution in [1.82, 2.24) is 9.97 Å². The number of nitrogens with two attached hydrogens (primary N) is 1. The molecule has 34 heavy (non-hydrogen) atoms. The first-order chi connectivity index (χ1) is 16.5.